The van der Waals surface area contributed by atoms with Gasteiger partial charge in [0.1, 0.15) is 22.1 Å². The molecule has 2 aliphatic rings. The Balaban J connectivity index is 1.59. The van der Waals surface area contributed by atoms with Crippen molar-refractivity contribution in [3.8, 4) is 17.6 Å². The third kappa shape index (κ3) is 5.14. The molecule has 4 rings (SSSR count). The van der Waals surface area contributed by atoms with Gasteiger partial charge in [-0.3, -0.25) is 4.90 Å². The number of aliphatic hydroxyl groups is 1. The van der Waals surface area contributed by atoms with E-state index in [2.05, 4.69) is 4.90 Å². The van der Waals surface area contributed by atoms with Crippen LogP contribution in [0.3, 0.4) is 0 Å². The highest BCUT2D eigenvalue weighted by molar-refractivity contribution is 7.89. The number of piperidine rings is 1. The minimum absolute atomic E-state index is 0.0794. The molecular weight excluding hydrogens is 485 g/mol. The van der Waals surface area contributed by atoms with E-state index < -0.39 is 15.7 Å². The summed E-state index contributed by atoms with van der Waals surface area (Å²) in [5, 5.41) is 20.7. The number of hydrogen-bond acceptors (Lipinski definition) is 6. The monoisotopic (exact) mass is 509 g/mol. The molecular formula is C23H25Cl2N3O4S. The van der Waals surface area contributed by atoms with Gasteiger partial charge in [-0.25, -0.2) is 8.42 Å². The SMILES string of the molecule is C[C@]1(O)CCCN1C1CCN(S(=O)(=O)c2cc(C#N)ccc2Oc2cc(Cl)cc(Cl)c2)CC1. The Morgan fingerprint density at radius 3 is 2.36 bits per heavy atom. The number of benzene rings is 2. The van der Waals surface area contributed by atoms with Crippen LogP contribution < -0.4 is 4.74 Å². The standard InChI is InChI=1S/C23H25Cl2N3O4S/c1-23(29)7-2-8-28(23)19-5-9-27(10-6-19)33(30,31)22-11-16(15-26)3-4-21(22)32-20-13-17(24)12-18(25)14-20/h3-4,11-14,19,29H,2,5-10H2,1H3/t23-/m0/s1. The van der Waals surface area contributed by atoms with Crippen molar-refractivity contribution in [3.63, 3.8) is 0 Å². The summed E-state index contributed by atoms with van der Waals surface area (Å²) in [6.45, 7) is 3.27. The molecule has 1 N–H and O–H groups in total. The maximum absolute atomic E-state index is 13.6. The first-order chi connectivity index (χ1) is 15.6. The number of nitrogens with zero attached hydrogens (tertiary/aromatic N) is 3. The molecule has 0 spiro atoms. The fraction of sp³-hybridized carbons (Fsp3) is 0.435. The van der Waals surface area contributed by atoms with Crippen molar-refractivity contribution in [1.29, 1.82) is 5.26 Å². The Kier molecular flexibility index (Phi) is 6.92. The second-order valence-corrected chi connectivity index (χ2v) is 11.4. The molecule has 0 amide bonds. The molecule has 176 valence electrons. The van der Waals surface area contributed by atoms with E-state index in [-0.39, 0.29) is 22.3 Å². The molecule has 0 unspecified atom stereocenters. The van der Waals surface area contributed by atoms with Crippen molar-refractivity contribution in [2.75, 3.05) is 19.6 Å². The molecule has 7 nitrogen and oxygen atoms in total. The minimum atomic E-state index is -3.93. The summed E-state index contributed by atoms with van der Waals surface area (Å²) >= 11 is 12.1. The first-order valence-electron chi connectivity index (χ1n) is 10.8. The summed E-state index contributed by atoms with van der Waals surface area (Å²) in [5.74, 6) is 0.389. The number of ether oxygens (including phenoxy) is 1. The average Bonchev–Trinajstić information content (AvgIpc) is 3.12. The maximum atomic E-state index is 13.6. The molecule has 2 aromatic carbocycles. The molecule has 0 saturated carbocycles. The van der Waals surface area contributed by atoms with Crippen molar-refractivity contribution >= 4 is 33.2 Å². The van der Waals surface area contributed by atoms with Crippen molar-refractivity contribution < 1.29 is 18.3 Å². The molecule has 2 saturated heterocycles. The number of rotatable bonds is 5. The van der Waals surface area contributed by atoms with Gasteiger partial charge in [0.2, 0.25) is 10.0 Å². The third-order valence-corrected chi connectivity index (χ3v) is 8.64. The highest BCUT2D eigenvalue weighted by Gasteiger charge is 2.41. The minimum Gasteiger partial charge on any atom is -0.456 e. The molecule has 2 aromatic rings. The summed E-state index contributed by atoms with van der Waals surface area (Å²) < 4.78 is 34.4. The van der Waals surface area contributed by atoms with Crippen LogP contribution in [0, 0.1) is 11.3 Å². The number of halogens is 2. The van der Waals surface area contributed by atoms with Crippen LogP contribution in [0.5, 0.6) is 11.5 Å². The predicted octanol–water partition coefficient (Wildman–Crippen LogP) is 4.61. The zero-order chi connectivity index (χ0) is 23.8. The average molecular weight is 510 g/mol. The van der Waals surface area contributed by atoms with Gasteiger partial charge in [0.05, 0.1) is 11.6 Å². The van der Waals surface area contributed by atoms with Crippen LogP contribution in [0.15, 0.2) is 41.3 Å². The lowest BCUT2D eigenvalue weighted by molar-refractivity contribution is -0.0929. The van der Waals surface area contributed by atoms with Gasteiger partial charge in [-0.1, -0.05) is 23.2 Å². The topological polar surface area (TPSA) is 93.9 Å². The van der Waals surface area contributed by atoms with Crippen molar-refractivity contribution in [2.24, 2.45) is 0 Å². The number of sulfonamides is 1. The third-order valence-electron chi connectivity index (χ3n) is 6.29. The molecule has 2 fully saturated rings. The summed E-state index contributed by atoms with van der Waals surface area (Å²) in [6, 6.07) is 11.0. The predicted molar refractivity (Wildman–Crippen MR) is 126 cm³/mol. The zero-order valence-electron chi connectivity index (χ0n) is 18.2. The van der Waals surface area contributed by atoms with Crippen LogP contribution in [0.4, 0.5) is 0 Å². The van der Waals surface area contributed by atoms with E-state index in [1.54, 1.807) is 6.07 Å². The first kappa shape index (κ1) is 24.3. The Bertz CT molecular complexity index is 1170. The maximum Gasteiger partial charge on any atom is 0.246 e. The van der Waals surface area contributed by atoms with Gasteiger partial charge in [0.15, 0.2) is 0 Å². The van der Waals surface area contributed by atoms with Gasteiger partial charge < -0.3 is 9.84 Å². The molecule has 0 aliphatic carbocycles. The first-order valence-corrected chi connectivity index (χ1v) is 13.0. The zero-order valence-corrected chi connectivity index (χ0v) is 20.5. The van der Waals surface area contributed by atoms with Gasteiger partial charge in [0.25, 0.3) is 0 Å². The largest absolute Gasteiger partial charge is 0.456 e. The molecule has 0 radical (unpaired) electrons. The Morgan fingerprint density at radius 2 is 1.79 bits per heavy atom. The van der Waals surface area contributed by atoms with E-state index in [9.17, 15) is 18.8 Å². The Hall–Kier alpha value is -1.86. The molecule has 0 bridgehead atoms. The second-order valence-electron chi connectivity index (χ2n) is 8.63. The van der Waals surface area contributed by atoms with Crippen LogP contribution >= 0.6 is 23.2 Å². The number of likely N-dealkylation sites (tertiary alicyclic amines) is 1. The lowest BCUT2D eigenvalue weighted by Gasteiger charge is -2.41. The molecule has 1 atom stereocenters. The fourth-order valence-electron chi connectivity index (χ4n) is 4.66. The van der Waals surface area contributed by atoms with Gasteiger partial charge >= 0.3 is 0 Å². The quantitative estimate of drug-likeness (QED) is 0.631. The highest BCUT2D eigenvalue weighted by atomic mass is 35.5. The van der Waals surface area contributed by atoms with E-state index in [1.165, 1.54) is 34.6 Å². The van der Waals surface area contributed by atoms with Gasteiger partial charge in [-0.15, -0.1) is 0 Å². The molecule has 0 aromatic heterocycles. The number of nitriles is 1. The summed E-state index contributed by atoms with van der Waals surface area (Å²) in [6.07, 6.45) is 2.89. The molecule has 10 heteroatoms. The second kappa shape index (κ2) is 9.41. The normalized spacial score (nSPS) is 22.9. The summed E-state index contributed by atoms with van der Waals surface area (Å²) in [5.41, 5.74) is -0.625. The molecule has 2 aliphatic heterocycles. The number of hydrogen-bond donors (Lipinski definition) is 1. The highest BCUT2D eigenvalue weighted by Crippen LogP contribution is 2.37. The van der Waals surface area contributed by atoms with Crippen LogP contribution in [-0.4, -0.2) is 54.1 Å². The van der Waals surface area contributed by atoms with E-state index in [0.29, 0.717) is 41.7 Å². The smallest absolute Gasteiger partial charge is 0.246 e. The fourth-order valence-corrected chi connectivity index (χ4v) is 6.77. The lowest BCUT2D eigenvalue weighted by atomic mass is 10.0. The molecule has 2 heterocycles. The van der Waals surface area contributed by atoms with E-state index in [4.69, 9.17) is 27.9 Å². The van der Waals surface area contributed by atoms with Crippen LogP contribution in [0.2, 0.25) is 10.0 Å². The van der Waals surface area contributed by atoms with Crippen molar-refractivity contribution in [1.82, 2.24) is 9.21 Å². The van der Waals surface area contributed by atoms with Crippen LogP contribution in [0.1, 0.15) is 38.2 Å². The van der Waals surface area contributed by atoms with E-state index in [1.807, 2.05) is 13.0 Å². The van der Waals surface area contributed by atoms with Crippen LogP contribution in [-0.2, 0) is 10.0 Å². The van der Waals surface area contributed by atoms with Gasteiger partial charge in [0, 0.05) is 35.7 Å². The Labute approximate surface area is 204 Å². The summed E-state index contributed by atoms with van der Waals surface area (Å²) in [4.78, 5) is 2.01. The van der Waals surface area contributed by atoms with Crippen molar-refractivity contribution in [3.05, 3.63) is 52.0 Å². The van der Waals surface area contributed by atoms with Gasteiger partial charge in [-0.05, 0) is 69.0 Å². The lowest BCUT2D eigenvalue weighted by Crippen LogP contribution is -2.52. The van der Waals surface area contributed by atoms with Crippen molar-refractivity contribution in [2.45, 2.75) is 49.3 Å². The van der Waals surface area contributed by atoms with Gasteiger partial charge in [-0.2, -0.15) is 9.57 Å². The summed E-state index contributed by atoms with van der Waals surface area (Å²) in [7, 11) is -3.93. The molecule has 33 heavy (non-hydrogen) atoms. The van der Waals surface area contributed by atoms with E-state index >= 15 is 0 Å². The van der Waals surface area contributed by atoms with Crippen LogP contribution in [0.25, 0.3) is 0 Å². The Morgan fingerprint density at radius 1 is 1.12 bits per heavy atom. The van der Waals surface area contributed by atoms with E-state index in [0.717, 1.165) is 19.4 Å².